The first-order valence-electron chi connectivity index (χ1n) is 8.90. The fourth-order valence-electron chi connectivity index (χ4n) is 4.17. The number of H-pyrrole nitrogens is 1. The summed E-state index contributed by atoms with van der Waals surface area (Å²) in [5, 5.41) is 2.59. The largest absolute Gasteiger partial charge is 0.497 e. The van der Waals surface area contributed by atoms with E-state index in [0.29, 0.717) is 5.92 Å². The van der Waals surface area contributed by atoms with Crippen molar-refractivity contribution in [3.05, 3.63) is 41.0 Å². The molecule has 4 rings (SSSR count). The Labute approximate surface area is 143 Å². The van der Waals surface area contributed by atoms with Gasteiger partial charge >= 0.3 is 0 Å². The molecule has 0 amide bonds. The normalized spacial score (nSPS) is 15.4. The molecular weight excluding hydrogens is 296 g/mol. The lowest BCUT2D eigenvalue weighted by Gasteiger charge is -2.31. The number of hydrogen-bond donors (Lipinski definition) is 1. The Hall–Kier alpha value is -2.00. The molecule has 0 saturated heterocycles. The van der Waals surface area contributed by atoms with E-state index >= 15 is 0 Å². The molecule has 2 heterocycles. The first-order chi connectivity index (χ1) is 11.6. The van der Waals surface area contributed by atoms with Crippen LogP contribution in [0.1, 0.15) is 30.5 Å². The maximum atomic E-state index is 5.42. The fraction of sp³-hybridized carbons (Fsp3) is 0.429. The van der Waals surface area contributed by atoms with Gasteiger partial charge in [-0.1, -0.05) is 13.8 Å². The van der Waals surface area contributed by atoms with Crippen molar-refractivity contribution in [2.45, 2.75) is 33.7 Å². The van der Waals surface area contributed by atoms with Gasteiger partial charge in [0.25, 0.3) is 0 Å². The maximum absolute atomic E-state index is 5.42. The van der Waals surface area contributed by atoms with Crippen molar-refractivity contribution in [2.75, 3.05) is 20.2 Å². The van der Waals surface area contributed by atoms with E-state index in [4.69, 9.17) is 4.74 Å². The van der Waals surface area contributed by atoms with Crippen LogP contribution >= 0.6 is 0 Å². The summed E-state index contributed by atoms with van der Waals surface area (Å²) in [6.07, 6.45) is 1.16. The van der Waals surface area contributed by atoms with E-state index in [2.05, 4.69) is 48.9 Å². The van der Waals surface area contributed by atoms with Crippen LogP contribution in [0.5, 0.6) is 5.75 Å². The Balaban J connectivity index is 1.87. The van der Waals surface area contributed by atoms with E-state index in [9.17, 15) is 0 Å². The predicted molar refractivity (Wildman–Crippen MR) is 101 cm³/mol. The third-order valence-electron chi connectivity index (χ3n) is 5.28. The van der Waals surface area contributed by atoms with Gasteiger partial charge in [0.15, 0.2) is 0 Å². The van der Waals surface area contributed by atoms with Crippen LogP contribution in [0.15, 0.2) is 24.3 Å². The first kappa shape index (κ1) is 15.5. The second-order valence-corrected chi connectivity index (χ2v) is 7.48. The molecule has 2 aromatic carbocycles. The minimum absolute atomic E-state index is 0.716. The summed E-state index contributed by atoms with van der Waals surface area (Å²) >= 11 is 0. The lowest BCUT2D eigenvalue weighted by atomic mass is 9.92. The molecule has 0 unspecified atom stereocenters. The van der Waals surface area contributed by atoms with Crippen LogP contribution in [0, 0.1) is 12.8 Å². The number of aromatic nitrogens is 1. The summed E-state index contributed by atoms with van der Waals surface area (Å²) < 4.78 is 5.42. The highest BCUT2D eigenvalue weighted by molar-refractivity contribution is 6.09. The SMILES string of the molecule is COc1ccc2[nH]c3c(C)c4c(cc3c2c1)CN(CC(C)C)CC4. The van der Waals surface area contributed by atoms with Crippen LogP contribution in [0.3, 0.4) is 0 Å². The minimum atomic E-state index is 0.716. The molecule has 126 valence electrons. The first-order valence-corrected chi connectivity index (χ1v) is 8.90. The van der Waals surface area contributed by atoms with E-state index in [0.717, 1.165) is 18.7 Å². The van der Waals surface area contributed by atoms with Crippen LogP contribution in [0.25, 0.3) is 21.8 Å². The average molecular weight is 322 g/mol. The van der Waals surface area contributed by atoms with Gasteiger partial charge in [0, 0.05) is 41.4 Å². The highest BCUT2D eigenvalue weighted by Crippen LogP contribution is 2.35. The van der Waals surface area contributed by atoms with E-state index in [1.807, 2.05) is 6.07 Å². The predicted octanol–water partition coefficient (Wildman–Crippen LogP) is 4.65. The minimum Gasteiger partial charge on any atom is -0.497 e. The van der Waals surface area contributed by atoms with Gasteiger partial charge in [-0.05, 0) is 60.2 Å². The summed E-state index contributed by atoms with van der Waals surface area (Å²) in [6, 6.07) is 8.70. The number of aromatic amines is 1. The Morgan fingerprint density at radius 2 is 2.04 bits per heavy atom. The number of rotatable bonds is 3. The zero-order valence-corrected chi connectivity index (χ0v) is 15.1. The summed E-state index contributed by atoms with van der Waals surface area (Å²) in [6.45, 7) is 10.3. The smallest absolute Gasteiger partial charge is 0.119 e. The second kappa shape index (κ2) is 5.82. The van der Waals surface area contributed by atoms with Gasteiger partial charge < -0.3 is 9.72 Å². The molecule has 0 bridgehead atoms. The van der Waals surface area contributed by atoms with E-state index in [1.165, 1.54) is 46.0 Å². The molecule has 1 N–H and O–H groups in total. The molecule has 0 spiro atoms. The lowest BCUT2D eigenvalue weighted by molar-refractivity contribution is 0.226. The summed E-state index contributed by atoms with van der Waals surface area (Å²) in [7, 11) is 1.73. The molecule has 3 aromatic rings. The van der Waals surface area contributed by atoms with Crippen molar-refractivity contribution in [2.24, 2.45) is 5.92 Å². The molecule has 24 heavy (non-hydrogen) atoms. The Morgan fingerprint density at radius 1 is 1.21 bits per heavy atom. The molecular formula is C21H26N2O. The van der Waals surface area contributed by atoms with Gasteiger partial charge in [0.2, 0.25) is 0 Å². The zero-order chi connectivity index (χ0) is 16.8. The highest BCUT2D eigenvalue weighted by atomic mass is 16.5. The third kappa shape index (κ3) is 2.48. The topological polar surface area (TPSA) is 28.3 Å². The number of aryl methyl sites for hydroxylation is 1. The number of methoxy groups -OCH3 is 1. The van der Waals surface area contributed by atoms with Crippen LogP contribution in [0.4, 0.5) is 0 Å². The van der Waals surface area contributed by atoms with Gasteiger partial charge in [0.05, 0.1) is 7.11 Å². The number of nitrogens with one attached hydrogen (secondary N) is 1. The quantitative estimate of drug-likeness (QED) is 0.760. The fourth-order valence-corrected chi connectivity index (χ4v) is 4.17. The highest BCUT2D eigenvalue weighted by Gasteiger charge is 2.21. The van der Waals surface area contributed by atoms with Gasteiger partial charge in [-0.25, -0.2) is 0 Å². The third-order valence-corrected chi connectivity index (χ3v) is 5.28. The molecule has 1 aliphatic heterocycles. The number of benzene rings is 2. The van der Waals surface area contributed by atoms with Crippen molar-refractivity contribution in [3.63, 3.8) is 0 Å². The molecule has 0 atom stereocenters. The van der Waals surface area contributed by atoms with Gasteiger partial charge in [0.1, 0.15) is 5.75 Å². The number of fused-ring (bicyclic) bond motifs is 4. The van der Waals surface area contributed by atoms with Crippen molar-refractivity contribution in [3.8, 4) is 5.75 Å². The average Bonchev–Trinajstić information content (AvgIpc) is 2.92. The summed E-state index contributed by atoms with van der Waals surface area (Å²) in [5.41, 5.74) is 6.93. The van der Waals surface area contributed by atoms with Gasteiger partial charge in [-0.2, -0.15) is 0 Å². The Bertz CT molecular complexity index is 907. The molecule has 3 heteroatoms. The maximum Gasteiger partial charge on any atom is 0.119 e. The molecule has 0 aliphatic carbocycles. The molecule has 1 aliphatic rings. The van der Waals surface area contributed by atoms with Crippen LogP contribution in [0.2, 0.25) is 0 Å². The number of hydrogen-bond acceptors (Lipinski definition) is 2. The van der Waals surface area contributed by atoms with E-state index < -0.39 is 0 Å². The van der Waals surface area contributed by atoms with Crippen molar-refractivity contribution in [1.29, 1.82) is 0 Å². The summed E-state index contributed by atoms with van der Waals surface area (Å²) in [5.74, 6) is 1.63. The van der Waals surface area contributed by atoms with Crippen molar-refractivity contribution < 1.29 is 4.74 Å². The van der Waals surface area contributed by atoms with Crippen LogP contribution < -0.4 is 4.74 Å². The Morgan fingerprint density at radius 3 is 2.79 bits per heavy atom. The lowest BCUT2D eigenvalue weighted by Crippen LogP contribution is -2.33. The van der Waals surface area contributed by atoms with Crippen LogP contribution in [-0.4, -0.2) is 30.1 Å². The zero-order valence-electron chi connectivity index (χ0n) is 15.1. The number of ether oxygens (including phenoxy) is 1. The molecule has 1 aromatic heterocycles. The standard InChI is InChI=1S/C21H26N2O/c1-13(2)11-23-8-7-17-14(3)21-19(9-15(17)12-23)18-10-16(24-4)5-6-20(18)22-21/h5-6,9-10,13,22H,7-8,11-12H2,1-4H3. The second-order valence-electron chi connectivity index (χ2n) is 7.48. The van der Waals surface area contributed by atoms with E-state index in [-0.39, 0.29) is 0 Å². The van der Waals surface area contributed by atoms with Crippen LogP contribution in [-0.2, 0) is 13.0 Å². The van der Waals surface area contributed by atoms with Gasteiger partial charge in [-0.3, -0.25) is 4.90 Å². The van der Waals surface area contributed by atoms with Gasteiger partial charge in [-0.15, -0.1) is 0 Å². The molecule has 0 fully saturated rings. The Kier molecular flexibility index (Phi) is 3.76. The van der Waals surface area contributed by atoms with E-state index in [1.54, 1.807) is 12.7 Å². The monoisotopic (exact) mass is 322 g/mol. The van der Waals surface area contributed by atoms with Crippen molar-refractivity contribution >= 4 is 21.8 Å². The molecule has 0 radical (unpaired) electrons. The summed E-state index contributed by atoms with van der Waals surface area (Å²) in [4.78, 5) is 6.21. The molecule has 0 saturated carbocycles. The molecule has 3 nitrogen and oxygen atoms in total. The van der Waals surface area contributed by atoms with Crippen molar-refractivity contribution in [1.82, 2.24) is 9.88 Å². The number of nitrogens with zero attached hydrogens (tertiary/aromatic N) is 1.